The summed E-state index contributed by atoms with van der Waals surface area (Å²) in [5.41, 5.74) is 1.95. The van der Waals surface area contributed by atoms with Gasteiger partial charge in [-0.3, -0.25) is 0 Å². The van der Waals surface area contributed by atoms with Crippen molar-refractivity contribution < 1.29 is 13.5 Å². The SMILES string of the molecule is CCCCCCNc1ccc2c(c1)C(c1ccccc1)C(O)C(CC)(CCCC)CS2(=O)=O. The van der Waals surface area contributed by atoms with Crippen molar-refractivity contribution in [2.45, 2.75) is 89.1 Å². The van der Waals surface area contributed by atoms with Crippen molar-refractivity contribution in [3.8, 4) is 0 Å². The largest absolute Gasteiger partial charge is 0.392 e. The van der Waals surface area contributed by atoms with Crippen molar-refractivity contribution in [1.82, 2.24) is 0 Å². The number of aliphatic hydroxyl groups is 1. The molecule has 3 rings (SSSR count). The van der Waals surface area contributed by atoms with Gasteiger partial charge in [0.15, 0.2) is 9.84 Å². The second kappa shape index (κ2) is 11.5. The number of anilines is 1. The molecule has 2 aromatic carbocycles. The van der Waals surface area contributed by atoms with Gasteiger partial charge in [0.25, 0.3) is 0 Å². The summed E-state index contributed by atoms with van der Waals surface area (Å²) in [5, 5.41) is 15.4. The Labute approximate surface area is 200 Å². The molecule has 2 N–H and O–H groups in total. The van der Waals surface area contributed by atoms with Crippen LogP contribution >= 0.6 is 0 Å². The number of hydrogen-bond acceptors (Lipinski definition) is 4. The van der Waals surface area contributed by atoms with Gasteiger partial charge in [-0.1, -0.05) is 83.2 Å². The second-order valence-corrected chi connectivity index (χ2v) is 11.6. The topological polar surface area (TPSA) is 66.4 Å². The number of rotatable bonds is 11. The smallest absolute Gasteiger partial charge is 0.179 e. The van der Waals surface area contributed by atoms with Gasteiger partial charge in [0, 0.05) is 23.6 Å². The first-order chi connectivity index (χ1) is 15.9. The highest BCUT2D eigenvalue weighted by molar-refractivity contribution is 7.91. The zero-order chi connectivity index (χ0) is 23.9. The van der Waals surface area contributed by atoms with Gasteiger partial charge in [-0.05, 0) is 48.6 Å². The third kappa shape index (κ3) is 5.81. The first-order valence-electron chi connectivity index (χ1n) is 12.7. The fourth-order valence-electron chi connectivity index (χ4n) is 5.29. The van der Waals surface area contributed by atoms with Crippen LogP contribution in [0.5, 0.6) is 0 Å². The second-order valence-electron chi connectivity index (χ2n) is 9.65. The molecule has 0 aromatic heterocycles. The molecule has 0 radical (unpaired) electrons. The van der Waals surface area contributed by atoms with Crippen LogP contribution in [0.3, 0.4) is 0 Å². The van der Waals surface area contributed by atoms with Crippen LogP contribution in [0.25, 0.3) is 0 Å². The fraction of sp³-hybridized carbons (Fsp3) is 0.571. The summed E-state index contributed by atoms with van der Waals surface area (Å²) >= 11 is 0. The maximum Gasteiger partial charge on any atom is 0.179 e. The lowest BCUT2D eigenvalue weighted by molar-refractivity contribution is 0.0174. The van der Waals surface area contributed by atoms with E-state index in [0.29, 0.717) is 17.7 Å². The molecule has 0 spiro atoms. The van der Waals surface area contributed by atoms with Crippen molar-refractivity contribution in [2.75, 3.05) is 17.6 Å². The van der Waals surface area contributed by atoms with Gasteiger partial charge in [-0.15, -0.1) is 0 Å². The van der Waals surface area contributed by atoms with Crippen molar-refractivity contribution in [3.63, 3.8) is 0 Å². The molecule has 0 saturated heterocycles. The van der Waals surface area contributed by atoms with Crippen LogP contribution in [0.4, 0.5) is 5.69 Å². The molecule has 1 aliphatic rings. The van der Waals surface area contributed by atoms with E-state index in [0.717, 1.165) is 42.6 Å². The Kier molecular flexibility index (Phi) is 9.00. The van der Waals surface area contributed by atoms with Crippen LogP contribution in [0, 0.1) is 5.41 Å². The maximum absolute atomic E-state index is 13.7. The average molecular weight is 472 g/mol. The van der Waals surface area contributed by atoms with E-state index >= 15 is 0 Å². The number of fused-ring (bicyclic) bond motifs is 1. The van der Waals surface area contributed by atoms with Gasteiger partial charge in [-0.2, -0.15) is 0 Å². The van der Waals surface area contributed by atoms with Gasteiger partial charge in [0.1, 0.15) is 0 Å². The number of nitrogens with one attached hydrogen (secondary N) is 1. The van der Waals surface area contributed by atoms with Crippen LogP contribution in [0.1, 0.15) is 89.2 Å². The number of hydrogen-bond donors (Lipinski definition) is 2. The molecule has 0 aliphatic carbocycles. The monoisotopic (exact) mass is 471 g/mol. The zero-order valence-corrected chi connectivity index (χ0v) is 21.3. The normalized spacial score (nSPS) is 24.1. The molecule has 3 unspecified atom stereocenters. The molecule has 2 aromatic rings. The lowest BCUT2D eigenvalue weighted by Gasteiger charge is -2.39. The molecule has 0 fully saturated rings. The summed E-state index contributed by atoms with van der Waals surface area (Å²) in [7, 11) is -3.54. The van der Waals surface area contributed by atoms with Crippen LogP contribution in [-0.2, 0) is 9.84 Å². The molecule has 0 amide bonds. The van der Waals surface area contributed by atoms with Gasteiger partial charge in [0.2, 0.25) is 0 Å². The predicted molar refractivity (Wildman–Crippen MR) is 138 cm³/mol. The highest BCUT2D eigenvalue weighted by Gasteiger charge is 2.48. The fourth-order valence-corrected chi connectivity index (χ4v) is 7.55. The van der Waals surface area contributed by atoms with E-state index in [1.807, 2.05) is 49.4 Å². The molecule has 1 aliphatic heterocycles. The number of sulfone groups is 1. The number of benzene rings is 2. The van der Waals surface area contributed by atoms with E-state index in [9.17, 15) is 13.5 Å². The Hall–Kier alpha value is -1.85. The summed E-state index contributed by atoms with van der Waals surface area (Å²) in [4.78, 5) is 0.374. The molecule has 0 bridgehead atoms. The van der Waals surface area contributed by atoms with E-state index < -0.39 is 21.4 Å². The van der Waals surface area contributed by atoms with Crippen LogP contribution in [0.2, 0.25) is 0 Å². The Balaban J connectivity index is 2.08. The first kappa shape index (κ1) is 25.8. The van der Waals surface area contributed by atoms with Crippen LogP contribution < -0.4 is 5.32 Å². The summed E-state index contributed by atoms with van der Waals surface area (Å²) in [6.07, 6.45) is 7.15. The van der Waals surface area contributed by atoms with Crippen LogP contribution in [-0.4, -0.2) is 31.9 Å². The Morgan fingerprint density at radius 3 is 2.36 bits per heavy atom. The maximum atomic E-state index is 13.7. The average Bonchev–Trinajstić information content (AvgIpc) is 2.89. The quantitative estimate of drug-likeness (QED) is 0.365. The molecular formula is C28H41NO3S. The van der Waals surface area contributed by atoms with Crippen molar-refractivity contribution in [3.05, 3.63) is 59.7 Å². The summed E-state index contributed by atoms with van der Waals surface area (Å²) < 4.78 is 27.3. The highest BCUT2D eigenvalue weighted by Crippen LogP contribution is 2.49. The Bertz CT molecular complexity index is 989. The third-order valence-electron chi connectivity index (χ3n) is 7.35. The summed E-state index contributed by atoms with van der Waals surface area (Å²) in [5.74, 6) is -0.380. The third-order valence-corrected chi connectivity index (χ3v) is 9.35. The molecule has 5 heteroatoms. The van der Waals surface area contributed by atoms with Crippen molar-refractivity contribution in [1.29, 1.82) is 0 Å². The van der Waals surface area contributed by atoms with Gasteiger partial charge in [0.05, 0.1) is 16.8 Å². The van der Waals surface area contributed by atoms with Crippen molar-refractivity contribution >= 4 is 15.5 Å². The van der Waals surface area contributed by atoms with E-state index in [2.05, 4.69) is 19.2 Å². The van der Waals surface area contributed by atoms with Gasteiger partial charge in [-0.25, -0.2) is 8.42 Å². The van der Waals surface area contributed by atoms with Gasteiger partial charge >= 0.3 is 0 Å². The van der Waals surface area contributed by atoms with Crippen molar-refractivity contribution in [2.24, 2.45) is 5.41 Å². The van der Waals surface area contributed by atoms with E-state index in [4.69, 9.17) is 0 Å². The first-order valence-corrected chi connectivity index (χ1v) is 14.4. The Morgan fingerprint density at radius 1 is 0.970 bits per heavy atom. The lowest BCUT2D eigenvalue weighted by atomic mass is 9.69. The van der Waals surface area contributed by atoms with E-state index in [1.165, 1.54) is 19.3 Å². The van der Waals surface area contributed by atoms with Gasteiger partial charge < -0.3 is 10.4 Å². The standard InChI is InChI=1S/C28H41NO3S/c1-4-7-9-13-19-29-23-16-17-25-24(20-23)26(22-14-11-10-12-15-22)27(30)28(6-3,18-8-5-2)21-33(25,31)32/h10-12,14-17,20,26-27,29-30H,4-9,13,18-19,21H2,1-3H3. The van der Waals surface area contributed by atoms with E-state index in [1.54, 1.807) is 6.07 Å². The molecule has 1 heterocycles. The molecule has 182 valence electrons. The number of aliphatic hydroxyl groups excluding tert-OH is 1. The molecule has 3 atom stereocenters. The highest BCUT2D eigenvalue weighted by atomic mass is 32.2. The molecule has 0 saturated carbocycles. The zero-order valence-electron chi connectivity index (χ0n) is 20.5. The van der Waals surface area contributed by atoms with E-state index in [-0.39, 0.29) is 11.7 Å². The summed E-state index contributed by atoms with van der Waals surface area (Å²) in [6.45, 7) is 7.20. The predicted octanol–water partition coefficient (Wildman–Crippen LogP) is 6.55. The molecule has 4 nitrogen and oxygen atoms in total. The summed E-state index contributed by atoms with van der Waals surface area (Å²) in [6, 6.07) is 15.5. The minimum Gasteiger partial charge on any atom is -0.392 e. The lowest BCUT2D eigenvalue weighted by Crippen LogP contribution is -2.42. The molecular weight excluding hydrogens is 430 g/mol. The molecule has 33 heavy (non-hydrogen) atoms. The minimum atomic E-state index is -3.54. The Morgan fingerprint density at radius 2 is 1.70 bits per heavy atom. The van der Waals surface area contributed by atoms with Crippen LogP contribution in [0.15, 0.2) is 53.4 Å². The minimum absolute atomic E-state index is 0.00219. The number of unbranched alkanes of at least 4 members (excludes halogenated alkanes) is 4.